The highest BCUT2D eigenvalue weighted by molar-refractivity contribution is 7.28. The predicted octanol–water partition coefficient (Wildman–Crippen LogP) is 13.1. The van der Waals surface area contributed by atoms with E-state index in [1.165, 1.54) is 47.1 Å². The number of hydrogen-bond acceptors (Lipinski definition) is 4. The first-order valence-electron chi connectivity index (χ1n) is 15.7. The lowest BCUT2D eigenvalue weighted by atomic mass is 10.00. The van der Waals surface area contributed by atoms with Crippen LogP contribution in [0.3, 0.4) is 0 Å². The van der Waals surface area contributed by atoms with Gasteiger partial charge >= 0.3 is 0 Å². The Hall–Kier alpha value is -5.55. The zero-order valence-corrected chi connectivity index (χ0v) is 27.0. The summed E-state index contributed by atoms with van der Waals surface area (Å²) >= 11 is 3.64. The fraction of sp³-hybridized carbons (Fsp3) is 0. The van der Waals surface area contributed by atoms with Crippen molar-refractivity contribution in [2.75, 3.05) is 4.90 Å². The Bertz CT molecular complexity index is 2500. The number of fused-ring (bicyclic) bond motifs is 5. The number of anilines is 3. The van der Waals surface area contributed by atoms with Crippen LogP contribution in [-0.4, -0.2) is 4.98 Å². The molecule has 0 atom stereocenters. The topological polar surface area (TPSA) is 16.1 Å². The lowest BCUT2D eigenvalue weighted by molar-refractivity contribution is 1.29. The van der Waals surface area contributed by atoms with E-state index < -0.39 is 0 Å². The molecule has 2 nitrogen and oxygen atoms in total. The van der Waals surface area contributed by atoms with Gasteiger partial charge in [-0.3, -0.25) is 0 Å². The van der Waals surface area contributed by atoms with Gasteiger partial charge in [0.05, 0.1) is 10.2 Å². The third kappa shape index (κ3) is 5.08. The minimum Gasteiger partial charge on any atom is -0.310 e. The number of para-hydroxylation sites is 1. The van der Waals surface area contributed by atoms with Crippen LogP contribution in [0.15, 0.2) is 170 Å². The normalized spacial score (nSPS) is 11.4. The van der Waals surface area contributed by atoms with Crippen molar-refractivity contribution in [3.8, 4) is 32.8 Å². The monoisotopic (exact) mass is 636 g/mol. The maximum Gasteiger partial charge on any atom is 0.124 e. The lowest BCUT2D eigenvalue weighted by Crippen LogP contribution is -2.09. The van der Waals surface area contributed by atoms with Gasteiger partial charge in [0.2, 0.25) is 0 Å². The van der Waals surface area contributed by atoms with Gasteiger partial charge in [-0.05, 0) is 70.8 Å². The maximum atomic E-state index is 5.01. The molecule has 47 heavy (non-hydrogen) atoms. The van der Waals surface area contributed by atoms with Crippen molar-refractivity contribution in [3.05, 3.63) is 170 Å². The molecule has 7 aromatic carbocycles. The molecular formula is C43H28N2S2. The number of thiophene rings is 1. The smallest absolute Gasteiger partial charge is 0.124 e. The molecule has 0 fully saturated rings. The second-order valence-electron chi connectivity index (χ2n) is 11.6. The summed E-state index contributed by atoms with van der Waals surface area (Å²) in [7, 11) is 0. The summed E-state index contributed by atoms with van der Waals surface area (Å²) in [6.07, 6.45) is 0. The molecule has 2 aromatic heterocycles. The van der Waals surface area contributed by atoms with E-state index in [4.69, 9.17) is 4.98 Å². The van der Waals surface area contributed by atoms with Gasteiger partial charge in [0.15, 0.2) is 0 Å². The number of benzene rings is 7. The van der Waals surface area contributed by atoms with Gasteiger partial charge in [0, 0.05) is 42.8 Å². The fourth-order valence-corrected chi connectivity index (χ4v) is 8.76. The molecule has 0 N–H and O–H groups in total. The Morgan fingerprint density at radius 2 is 1.00 bits per heavy atom. The average molecular weight is 637 g/mol. The Balaban J connectivity index is 1.13. The summed E-state index contributed by atoms with van der Waals surface area (Å²) in [5.41, 5.74) is 10.4. The molecule has 0 saturated carbocycles. The zero-order valence-electron chi connectivity index (χ0n) is 25.4. The van der Waals surface area contributed by atoms with E-state index in [1.807, 2.05) is 11.3 Å². The van der Waals surface area contributed by atoms with Gasteiger partial charge in [-0.25, -0.2) is 4.98 Å². The summed E-state index contributed by atoms with van der Waals surface area (Å²) in [6.45, 7) is 0. The van der Waals surface area contributed by atoms with Crippen molar-refractivity contribution in [2.45, 2.75) is 0 Å². The first-order chi connectivity index (χ1) is 23.3. The largest absolute Gasteiger partial charge is 0.310 e. The molecule has 0 aliphatic carbocycles. The van der Waals surface area contributed by atoms with Crippen molar-refractivity contribution < 1.29 is 0 Å². The van der Waals surface area contributed by atoms with Crippen molar-refractivity contribution in [3.63, 3.8) is 0 Å². The van der Waals surface area contributed by atoms with Gasteiger partial charge < -0.3 is 4.90 Å². The summed E-state index contributed by atoms with van der Waals surface area (Å²) in [5, 5.41) is 3.65. The number of nitrogens with zero attached hydrogens (tertiary/aromatic N) is 2. The van der Waals surface area contributed by atoms with Crippen molar-refractivity contribution in [1.82, 2.24) is 4.98 Å². The lowest BCUT2D eigenvalue weighted by Gasteiger charge is -2.26. The molecule has 9 aromatic rings. The number of thiazole rings is 1. The van der Waals surface area contributed by atoms with Crippen LogP contribution >= 0.6 is 22.7 Å². The van der Waals surface area contributed by atoms with Crippen molar-refractivity contribution in [2.24, 2.45) is 0 Å². The predicted molar refractivity (Wildman–Crippen MR) is 203 cm³/mol. The molecule has 9 rings (SSSR count). The van der Waals surface area contributed by atoms with Crippen LogP contribution in [0.2, 0.25) is 0 Å². The third-order valence-corrected chi connectivity index (χ3v) is 11.0. The van der Waals surface area contributed by atoms with Crippen LogP contribution in [0.4, 0.5) is 17.1 Å². The van der Waals surface area contributed by atoms with E-state index in [0.717, 1.165) is 33.1 Å². The molecule has 0 amide bonds. The maximum absolute atomic E-state index is 5.01. The molecule has 222 valence electrons. The van der Waals surface area contributed by atoms with Gasteiger partial charge in [0.25, 0.3) is 0 Å². The third-order valence-electron chi connectivity index (χ3n) is 8.70. The minimum atomic E-state index is 1.06. The van der Waals surface area contributed by atoms with Crippen LogP contribution in [-0.2, 0) is 0 Å². The molecule has 0 bridgehead atoms. The Morgan fingerprint density at radius 1 is 0.404 bits per heavy atom. The van der Waals surface area contributed by atoms with Crippen LogP contribution in [0.25, 0.3) is 63.2 Å². The van der Waals surface area contributed by atoms with E-state index >= 15 is 0 Å². The molecular weight excluding hydrogens is 609 g/mol. The fourth-order valence-electron chi connectivity index (χ4n) is 6.41. The van der Waals surface area contributed by atoms with E-state index in [0.29, 0.717) is 0 Å². The first kappa shape index (κ1) is 27.7. The molecule has 0 aliphatic rings. The van der Waals surface area contributed by atoms with E-state index in [9.17, 15) is 0 Å². The van der Waals surface area contributed by atoms with Gasteiger partial charge in [0.1, 0.15) is 5.01 Å². The second-order valence-corrected chi connectivity index (χ2v) is 13.7. The van der Waals surface area contributed by atoms with Gasteiger partial charge in [-0.15, -0.1) is 22.7 Å². The minimum absolute atomic E-state index is 1.06. The standard InChI is InChI=1S/C43H28N2S2/c1-4-11-29(12-5-1)30-19-21-31(22-20-30)33-15-10-18-35(27-33)45(34-16-8-3-9-17-34)36-23-24-37-40(28-36)46-39-26-25-38-42(41(37)39)47-43(44-38)32-13-6-2-7-14-32/h1-28H. The van der Waals surface area contributed by atoms with E-state index in [1.54, 1.807) is 11.3 Å². The molecule has 0 saturated heterocycles. The summed E-state index contributed by atoms with van der Waals surface area (Å²) in [6, 6.07) is 60.7. The highest BCUT2D eigenvalue weighted by Gasteiger charge is 2.18. The van der Waals surface area contributed by atoms with Crippen molar-refractivity contribution >= 4 is 70.1 Å². The average Bonchev–Trinajstić information content (AvgIpc) is 3.75. The zero-order chi connectivity index (χ0) is 31.2. The second kappa shape index (κ2) is 11.7. The van der Waals surface area contributed by atoms with E-state index in [2.05, 4.69) is 175 Å². The molecule has 0 spiro atoms. The highest BCUT2D eigenvalue weighted by atomic mass is 32.1. The number of aromatic nitrogens is 1. The molecule has 0 aliphatic heterocycles. The van der Waals surface area contributed by atoms with Crippen LogP contribution in [0.1, 0.15) is 0 Å². The SMILES string of the molecule is c1ccc(-c2ccc(-c3cccc(N(c4ccccc4)c4ccc5c(c4)sc4ccc6nc(-c7ccccc7)sc6c45)c3)cc2)cc1. The van der Waals surface area contributed by atoms with E-state index in [-0.39, 0.29) is 0 Å². The summed E-state index contributed by atoms with van der Waals surface area (Å²) in [5.74, 6) is 0. The number of hydrogen-bond donors (Lipinski definition) is 0. The van der Waals surface area contributed by atoms with Gasteiger partial charge in [-0.2, -0.15) is 0 Å². The van der Waals surface area contributed by atoms with Crippen LogP contribution < -0.4 is 4.90 Å². The van der Waals surface area contributed by atoms with Gasteiger partial charge in [-0.1, -0.05) is 121 Å². The number of rotatable bonds is 6. The Kier molecular flexibility index (Phi) is 6.89. The quantitative estimate of drug-likeness (QED) is 0.181. The van der Waals surface area contributed by atoms with Crippen LogP contribution in [0, 0.1) is 0 Å². The molecule has 2 heterocycles. The summed E-state index contributed by atoms with van der Waals surface area (Å²) < 4.78 is 3.82. The molecule has 0 radical (unpaired) electrons. The molecule has 0 unspecified atom stereocenters. The Labute approximate surface area is 281 Å². The Morgan fingerprint density at radius 3 is 1.74 bits per heavy atom. The first-order valence-corrected chi connectivity index (χ1v) is 17.3. The highest BCUT2D eigenvalue weighted by Crippen LogP contribution is 2.45. The summed E-state index contributed by atoms with van der Waals surface area (Å²) in [4.78, 5) is 7.38. The van der Waals surface area contributed by atoms with Crippen LogP contribution in [0.5, 0.6) is 0 Å². The molecule has 4 heteroatoms. The van der Waals surface area contributed by atoms with Crippen molar-refractivity contribution in [1.29, 1.82) is 0 Å².